The first-order valence-electron chi connectivity index (χ1n) is 10.6. The second-order valence-corrected chi connectivity index (χ2v) is 8.41. The maximum atomic E-state index is 13.3. The number of hydrogen-bond donors (Lipinski definition) is 2. The molecule has 5 rings (SSSR count). The molecule has 2 amide bonds. The maximum absolute atomic E-state index is 13.3. The van der Waals surface area contributed by atoms with Crippen molar-refractivity contribution in [3.8, 4) is 0 Å². The summed E-state index contributed by atoms with van der Waals surface area (Å²) in [5, 5.41) is 4.14. The summed E-state index contributed by atoms with van der Waals surface area (Å²) in [6.45, 7) is 2.26. The van der Waals surface area contributed by atoms with Crippen LogP contribution in [0.2, 0.25) is 0 Å². The molecule has 30 heavy (non-hydrogen) atoms. The van der Waals surface area contributed by atoms with Gasteiger partial charge in [-0.05, 0) is 24.5 Å². The second-order valence-electron chi connectivity index (χ2n) is 8.41. The molecule has 2 saturated heterocycles. The lowest BCUT2D eigenvalue weighted by Gasteiger charge is -2.23. The zero-order valence-corrected chi connectivity index (χ0v) is 17.1. The van der Waals surface area contributed by atoms with E-state index in [1.165, 1.54) is 10.9 Å². The topological polar surface area (TPSA) is 83.7 Å². The Hall–Kier alpha value is -2.64. The molecule has 2 N–H and O–H groups in total. The number of H-pyrrole nitrogens is 1. The monoisotopic (exact) mass is 409 g/mol. The van der Waals surface area contributed by atoms with Crippen LogP contribution in [0.4, 0.5) is 0 Å². The van der Waals surface area contributed by atoms with Crippen molar-refractivity contribution in [3.63, 3.8) is 0 Å². The molecule has 2 bridgehead atoms. The Bertz CT molecular complexity index is 999. The van der Waals surface area contributed by atoms with Crippen LogP contribution in [-0.2, 0) is 25.5 Å². The fourth-order valence-electron chi connectivity index (χ4n) is 5.21. The summed E-state index contributed by atoms with van der Waals surface area (Å²) in [5.74, 6) is -0.959. The number of para-hydroxylation sites is 1. The molecular formula is C23H27N3O4. The number of amides is 2. The van der Waals surface area contributed by atoms with Gasteiger partial charge in [-0.3, -0.25) is 9.59 Å². The molecule has 1 aromatic carbocycles. The number of fused-ring (bicyclic) bond motifs is 2. The SMILES string of the molecule is COCCCNC(=O)[C@@H]1[C@H]2C(=O)N(CCc3c[nH]c4ccccc34)C[C@]23C=C[C@H]1O3. The molecule has 2 aromatic rings. The largest absolute Gasteiger partial charge is 0.385 e. The number of rotatable bonds is 8. The molecule has 1 aromatic heterocycles. The summed E-state index contributed by atoms with van der Waals surface area (Å²) < 4.78 is 11.2. The minimum atomic E-state index is -0.656. The zero-order chi connectivity index (χ0) is 20.7. The first-order chi connectivity index (χ1) is 14.6. The van der Waals surface area contributed by atoms with Crippen molar-refractivity contribution in [1.82, 2.24) is 15.2 Å². The summed E-state index contributed by atoms with van der Waals surface area (Å²) >= 11 is 0. The van der Waals surface area contributed by atoms with E-state index in [1.807, 2.05) is 35.4 Å². The molecular weight excluding hydrogens is 382 g/mol. The van der Waals surface area contributed by atoms with E-state index >= 15 is 0 Å². The minimum Gasteiger partial charge on any atom is -0.385 e. The third kappa shape index (κ3) is 3.04. The molecule has 0 saturated carbocycles. The van der Waals surface area contributed by atoms with Crippen LogP contribution >= 0.6 is 0 Å². The number of aromatic amines is 1. The first kappa shape index (κ1) is 19.3. The molecule has 158 valence electrons. The lowest BCUT2D eigenvalue weighted by molar-refractivity contribution is -0.137. The molecule has 3 aliphatic rings. The molecule has 0 radical (unpaired) electrons. The van der Waals surface area contributed by atoms with E-state index in [0.717, 1.165) is 18.4 Å². The van der Waals surface area contributed by atoms with Crippen LogP contribution < -0.4 is 5.32 Å². The van der Waals surface area contributed by atoms with Crippen molar-refractivity contribution in [2.45, 2.75) is 24.5 Å². The van der Waals surface area contributed by atoms with E-state index < -0.39 is 17.4 Å². The Morgan fingerprint density at radius 1 is 1.40 bits per heavy atom. The van der Waals surface area contributed by atoms with Gasteiger partial charge in [0, 0.05) is 43.9 Å². The van der Waals surface area contributed by atoms with Gasteiger partial charge in [0.1, 0.15) is 5.60 Å². The van der Waals surface area contributed by atoms with E-state index in [0.29, 0.717) is 26.2 Å². The minimum absolute atomic E-state index is 0.0266. The predicted octanol–water partition coefficient (Wildman–Crippen LogP) is 1.65. The Labute approximate surface area is 175 Å². The Morgan fingerprint density at radius 3 is 3.13 bits per heavy atom. The highest BCUT2D eigenvalue weighted by molar-refractivity contribution is 5.93. The number of benzene rings is 1. The van der Waals surface area contributed by atoms with Gasteiger partial charge in [0.15, 0.2) is 0 Å². The molecule has 2 fully saturated rings. The van der Waals surface area contributed by atoms with Crippen molar-refractivity contribution >= 4 is 22.7 Å². The van der Waals surface area contributed by atoms with Crippen molar-refractivity contribution in [1.29, 1.82) is 0 Å². The number of hydrogen-bond acceptors (Lipinski definition) is 4. The van der Waals surface area contributed by atoms with Gasteiger partial charge in [-0.2, -0.15) is 0 Å². The van der Waals surface area contributed by atoms with Gasteiger partial charge in [-0.1, -0.05) is 30.4 Å². The van der Waals surface area contributed by atoms with Gasteiger partial charge >= 0.3 is 0 Å². The van der Waals surface area contributed by atoms with Gasteiger partial charge in [0.25, 0.3) is 0 Å². The molecule has 4 heterocycles. The van der Waals surface area contributed by atoms with Crippen molar-refractivity contribution in [2.75, 3.05) is 33.4 Å². The third-order valence-corrected chi connectivity index (χ3v) is 6.63. The molecule has 4 atom stereocenters. The number of methoxy groups -OCH3 is 1. The highest BCUT2D eigenvalue weighted by atomic mass is 16.5. The van der Waals surface area contributed by atoms with Crippen LogP contribution in [0.15, 0.2) is 42.6 Å². The van der Waals surface area contributed by atoms with Crippen LogP contribution in [0.3, 0.4) is 0 Å². The highest BCUT2D eigenvalue weighted by Crippen LogP contribution is 2.51. The van der Waals surface area contributed by atoms with E-state index in [1.54, 1.807) is 7.11 Å². The number of carbonyl (C=O) groups is 2. The van der Waals surface area contributed by atoms with Crippen molar-refractivity contribution in [2.24, 2.45) is 11.8 Å². The summed E-state index contributed by atoms with van der Waals surface area (Å²) in [7, 11) is 1.64. The first-order valence-corrected chi connectivity index (χ1v) is 10.6. The maximum Gasteiger partial charge on any atom is 0.230 e. The van der Waals surface area contributed by atoms with Gasteiger partial charge in [-0.15, -0.1) is 0 Å². The van der Waals surface area contributed by atoms with Crippen LogP contribution in [0, 0.1) is 11.8 Å². The van der Waals surface area contributed by atoms with Crippen LogP contribution in [0.1, 0.15) is 12.0 Å². The van der Waals surface area contributed by atoms with Gasteiger partial charge in [0.2, 0.25) is 11.8 Å². The molecule has 1 spiro atoms. The molecule has 0 aliphatic carbocycles. The lowest BCUT2D eigenvalue weighted by atomic mass is 9.77. The van der Waals surface area contributed by atoms with Gasteiger partial charge in [-0.25, -0.2) is 0 Å². The van der Waals surface area contributed by atoms with E-state index in [4.69, 9.17) is 9.47 Å². The molecule has 3 aliphatic heterocycles. The average Bonchev–Trinajstić information content (AvgIpc) is 3.49. The summed E-state index contributed by atoms with van der Waals surface area (Å²) in [6, 6.07) is 8.18. The molecule has 0 unspecified atom stereocenters. The number of nitrogens with zero attached hydrogens (tertiary/aromatic N) is 1. The molecule has 7 nitrogen and oxygen atoms in total. The van der Waals surface area contributed by atoms with Crippen LogP contribution in [0.25, 0.3) is 10.9 Å². The fourth-order valence-corrected chi connectivity index (χ4v) is 5.21. The highest BCUT2D eigenvalue weighted by Gasteiger charge is 2.66. The number of carbonyl (C=O) groups excluding carboxylic acids is 2. The Balaban J connectivity index is 1.27. The van der Waals surface area contributed by atoms with Gasteiger partial charge in [0.05, 0.1) is 24.5 Å². The third-order valence-electron chi connectivity index (χ3n) is 6.63. The fraction of sp³-hybridized carbons (Fsp3) is 0.478. The van der Waals surface area contributed by atoms with Crippen molar-refractivity contribution in [3.05, 3.63) is 48.2 Å². The number of aromatic nitrogens is 1. The Morgan fingerprint density at radius 2 is 2.27 bits per heavy atom. The van der Waals surface area contributed by atoms with E-state index in [-0.39, 0.29) is 17.9 Å². The van der Waals surface area contributed by atoms with Crippen LogP contribution in [0.5, 0.6) is 0 Å². The summed E-state index contributed by atoms with van der Waals surface area (Å²) in [5.41, 5.74) is 1.64. The summed E-state index contributed by atoms with van der Waals surface area (Å²) in [4.78, 5) is 31.3. The van der Waals surface area contributed by atoms with Crippen LogP contribution in [-0.4, -0.2) is 66.8 Å². The quantitative estimate of drug-likeness (QED) is 0.513. The number of nitrogens with one attached hydrogen (secondary N) is 2. The Kier molecular flexibility index (Phi) is 4.87. The van der Waals surface area contributed by atoms with Crippen molar-refractivity contribution < 1.29 is 19.1 Å². The summed E-state index contributed by atoms with van der Waals surface area (Å²) in [6.07, 6.45) is 7.17. The van der Waals surface area contributed by atoms with E-state index in [9.17, 15) is 9.59 Å². The predicted molar refractivity (Wildman–Crippen MR) is 112 cm³/mol. The molecule has 7 heteroatoms. The zero-order valence-electron chi connectivity index (χ0n) is 17.1. The number of likely N-dealkylation sites (tertiary alicyclic amines) is 1. The second kappa shape index (κ2) is 7.56. The normalized spacial score (nSPS) is 29.2. The lowest BCUT2D eigenvalue weighted by Crippen LogP contribution is -2.44. The van der Waals surface area contributed by atoms with E-state index in [2.05, 4.69) is 22.4 Å². The standard InChI is InChI=1S/C23H27N3O4/c1-29-12-4-10-24-21(27)19-18-7-9-23(30-18)14-26(22(28)20(19)23)11-8-15-13-25-17-6-3-2-5-16(15)17/h2-3,5-7,9,13,18-20,25H,4,8,10-12,14H2,1H3,(H,24,27)/t18-,19+,20+,23-/m1/s1. The van der Waals surface area contributed by atoms with Gasteiger partial charge < -0.3 is 24.7 Å². The number of ether oxygens (including phenoxy) is 2. The smallest absolute Gasteiger partial charge is 0.230 e. The average molecular weight is 409 g/mol.